The van der Waals surface area contributed by atoms with E-state index >= 15 is 0 Å². The third kappa shape index (κ3) is 1.84. The maximum Gasteiger partial charge on any atom is 0.240 e. The molecule has 0 aromatic heterocycles. The number of hydrogen-bond donors (Lipinski definition) is 1. The van der Waals surface area contributed by atoms with Gasteiger partial charge >= 0.3 is 0 Å². The van der Waals surface area contributed by atoms with E-state index in [2.05, 4.69) is 22.6 Å². The van der Waals surface area contributed by atoms with Gasteiger partial charge in [0.2, 0.25) is 5.91 Å². The lowest BCUT2D eigenvalue weighted by Crippen LogP contribution is -2.52. The number of aliphatic hydroxyl groups excluding tert-OH is 1. The highest BCUT2D eigenvalue weighted by Gasteiger charge is 2.48. The van der Waals surface area contributed by atoms with Gasteiger partial charge < -0.3 is 5.11 Å². The fourth-order valence-electron chi connectivity index (χ4n) is 1.96. The maximum absolute atomic E-state index is 11.7. The van der Waals surface area contributed by atoms with Crippen LogP contribution in [-0.4, -0.2) is 28.2 Å². The van der Waals surface area contributed by atoms with Gasteiger partial charge in [-0.3, -0.25) is 9.10 Å². The number of rotatable bonds is 3. The molecule has 2 atom stereocenters. The average Bonchev–Trinajstić information content (AvgIpc) is 2.28. The molecule has 5 heteroatoms. The molecule has 1 fully saturated rings. The number of nitrogens with zero attached hydrogens (tertiary/aromatic N) is 1. The molecule has 1 amide bonds. The molecule has 0 saturated carbocycles. The van der Waals surface area contributed by atoms with Crippen molar-refractivity contribution < 1.29 is 9.90 Å². The predicted octanol–water partition coefficient (Wildman–Crippen LogP) is 2.06. The quantitative estimate of drug-likeness (QED) is 0.516. The second-order valence-corrected chi connectivity index (χ2v) is 5.52. The van der Waals surface area contributed by atoms with Gasteiger partial charge in [-0.1, -0.05) is 30.1 Å². The molecule has 16 heavy (non-hydrogen) atoms. The van der Waals surface area contributed by atoms with Gasteiger partial charge in [-0.25, -0.2) is 0 Å². The first-order chi connectivity index (χ1) is 7.70. The van der Waals surface area contributed by atoms with E-state index in [-0.39, 0.29) is 24.5 Å². The van der Waals surface area contributed by atoms with Crippen molar-refractivity contribution in [2.24, 2.45) is 5.92 Å². The monoisotopic (exact) mass is 349 g/mol. The summed E-state index contributed by atoms with van der Waals surface area (Å²) in [5.74, 6) is -0.247. The Balaban J connectivity index is 2.32. The number of aliphatic hydroxyl groups is 1. The van der Waals surface area contributed by atoms with Crippen LogP contribution >= 0.6 is 34.5 Å². The van der Waals surface area contributed by atoms with E-state index in [1.807, 2.05) is 30.5 Å². The zero-order chi connectivity index (χ0) is 11.7. The number of halogens is 1. The van der Waals surface area contributed by atoms with Crippen LogP contribution < -0.4 is 0 Å². The van der Waals surface area contributed by atoms with E-state index in [9.17, 15) is 9.90 Å². The van der Waals surface area contributed by atoms with Crippen molar-refractivity contribution in [3.63, 3.8) is 0 Å². The molecule has 1 aliphatic heterocycles. The Kier molecular flexibility index (Phi) is 3.76. The predicted molar refractivity (Wildman–Crippen MR) is 72.8 cm³/mol. The topological polar surface area (TPSA) is 40.5 Å². The number of carbonyl (C=O) groups is 1. The van der Waals surface area contributed by atoms with E-state index < -0.39 is 0 Å². The maximum atomic E-state index is 11.7. The van der Waals surface area contributed by atoms with Crippen LogP contribution in [0.2, 0.25) is 0 Å². The molecular weight excluding hydrogens is 337 g/mol. The Labute approximate surface area is 112 Å². The second kappa shape index (κ2) is 4.93. The summed E-state index contributed by atoms with van der Waals surface area (Å²) >= 11 is 3.68. The third-order valence-corrected chi connectivity index (χ3v) is 4.57. The van der Waals surface area contributed by atoms with Crippen LogP contribution in [0.4, 0.5) is 0 Å². The zero-order valence-electron chi connectivity index (χ0n) is 8.76. The highest BCUT2D eigenvalue weighted by atomic mass is 127. The number of amides is 1. The largest absolute Gasteiger partial charge is 0.395 e. The van der Waals surface area contributed by atoms with Gasteiger partial charge in [-0.05, 0) is 34.2 Å². The van der Waals surface area contributed by atoms with Crippen LogP contribution in [0.1, 0.15) is 11.6 Å². The highest BCUT2D eigenvalue weighted by Crippen LogP contribution is 2.44. The van der Waals surface area contributed by atoms with Crippen molar-refractivity contribution >= 4 is 40.4 Å². The average molecular weight is 349 g/mol. The van der Waals surface area contributed by atoms with Gasteiger partial charge in [-0.15, -0.1) is 0 Å². The molecule has 1 aromatic rings. The molecule has 3 nitrogen and oxygen atoms in total. The van der Waals surface area contributed by atoms with E-state index in [0.29, 0.717) is 0 Å². The van der Waals surface area contributed by atoms with Crippen LogP contribution in [0, 0.1) is 9.49 Å². The molecule has 2 unspecified atom stereocenters. The van der Waals surface area contributed by atoms with E-state index in [1.54, 1.807) is 4.31 Å². The molecule has 1 N–H and O–H groups in total. The first-order valence-electron chi connectivity index (χ1n) is 4.93. The van der Waals surface area contributed by atoms with Crippen molar-refractivity contribution in [1.82, 2.24) is 4.31 Å². The van der Waals surface area contributed by atoms with Gasteiger partial charge in [0.15, 0.2) is 0 Å². The van der Waals surface area contributed by atoms with E-state index in [4.69, 9.17) is 0 Å². The van der Waals surface area contributed by atoms with Crippen molar-refractivity contribution in [3.8, 4) is 0 Å². The van der Waals surface area contributed by atoms with Crippen molar-refractivity contribution in [1.29, 1.82) is 0 Å². The minimum atomic E-state index is -0.275. The molecule has 0 bridgehead atoms. The second-order valence-electron chi connectivity index (χ2n) is 3.60. The van der Waals surface area contributed by atoms with Crippen LogP contribution in [-0.2, 0) is 4.79 Å². The van der Waals surface area contributed by atoms with Crippen molar-refractivity contribution in [2.75, 3.05) is 12.9 Å². The molecule has 1 saturated heterocycles. The first-order valence-corrected chi connectivity index (χ1v) is 7.19. The normalized spacial score (nSPS) is 24.4. The third-order valence-electron chi connectivity index (χ3n) is 2.79. The minimum absolute atomic E-state index is 0.0144. The number of hydrogen-bond acceptors (Lipinski definition) is 3. The molecule has 2 rings (SSSR count). The Hall–Kier alpha value is -0.270. The smallest absolute Gasteiger partial charge is 0.240 e. The van der Waals surface area contributed by atoms with Gasteiger partial charge in [0, 0.05) is 9.83 Å². The molecule has 86 valence electrons. The summed E-state index contributed by atoms with van der Waals surface area (Å²) < 4.78 is 2.87. The summed E-state index contributed by atoms with van der Waals surface area (Å²) in [6.45, 7) is -0.0778. The standard InChI is InChI=1S/C11H12INO2S/c1-16-13-10(8(6-14)11(13)15)7-4-2-3-5-9(7)12/h2-5,8,10,14H,6H2,1H3. The van der Waals surface area contributed by atoms with Crippen LogP contribution in [0.15, 0.2) is 24.3 Å². The highest BCUT2D eigenvalue weighted by molar-refractivity contribution is 14.1. The van der Waals surface area contributed by atoms with E-state index in [1.165, 1.54) is 11.9 Å². The molecule has 0 spiro atoms. The fourth-order valence-corrected chi connectivity index (χ4v) is 3.47. The Morgan fingerprint density at radius 2 is 2.19 bits per heavy atom. The van der Waals surface area contributed by atoms with Crippen LogP contribution in [0.3, 0.4) is 0 Å². The number of benzene rings is 1. The summed E-state index contributed by atoms with van der Waals surface area (Å²) in [4.78, 5) is 11.7. The van der Waals surface area contributed by atoms with Gasteiger partial charge in [0.1, 0.15) is 0 Å². The van der Waals surface area contributed by atoms with Crippen LogP contribution in [0.5, 0.6) is 0 Å². The van der Waals surface area contributed by atoms with E-state index in [0.717, 1.165) is 9.13 Å². The molecule has 1 aromatic carbocycles. The Morgan fingerprint density at radius 1 is 1.50 bits per heavy atom. The number of carbonyl (C=O) groups excluding carboxylic acids is 1. The van der Waals surface area contributed by atoms with Crippen LogP contribution in [0.25, 0.3) is 0 Å². The molecule has 0 aliphatic carbocycles. The molecule has 1 heterocycles. The Morgan fingerprint density at radius 3 is 2.75 bits per heavy atom. The summed E-state index contributed by atoms with van der Waals surface area (Å²) in [5.41, 5.74) is 1.12. The van der Waals surface area contributed by atoms with Crippen molar-refractivity contribution in [3.05, 3.63) is 33.4 Å². The molecular formula is C11H12INO2S. The summed E-state index contributed by atoms with van der Waals surface area (Å²) in [6.07, 6.45) is 1.88. The summed E-state index contributed by atoms with van der Waals surface area (Å²) in [5, 5.41) is 9.23. The summed E-state index contributed by atoms with van der Waals surface area (Å²) in [7, 11) is 0. The lowest BCUT2D eigenvalue weighted by Gasteiger charge is -2.45. The summed E-state index contributed by atoms with van der Waals surface area (Å²) in [6, 6.07) is 7.99. The minimum Gasteiger partial charge on any atom is -0.395 e. The van der Waals surface area contributed by atoms with Crippen molar-refractivity contribution in [2.45, 2.75) is 6.04 Å². The lowest BCUT2D eigenvalue weighted by molar-refractivity contribution is -0.148. The first kappa shape index (κ1) is 12.2. The number of β-lactam (4-membered cyclic amide) rings is 1. The fraction of sp³-hybridized carbons (Fsp3) is 0.364. The lowest BCUT2D eigenvalue weighted by atomic mass is 9.86. The molecule has 0 radical (unpaired) electrons. The van der Waals surface area contributed by atoms with Gasteiger partial charge in [-0.2, -0.15) is 0 Å². The van der Waals surface area contributed by atoms with Gasteiger partial charge in [0.05, 0.1) is 18.6 Å². The molecule has 1 aliphatic rings. The SMILES string of the molecule is CSN1C(=O)C(CO)C1c1ccccc1I. The zero-order valence-corrected chi connectivity index (χ0v) is 11.7. The van der Waals surface area contributed by atoms with Gasteiger partial charge in [0.25, 0.3) is 0 Å². The Bertz CT molecular complexity index is 399.